The van der Waals surface area contributed by atoms with E-state index in [1.165, 1.54) is 0 Å². The van der Waals surface area contributed by atoms with Crippen LogP contribution in [0.5, 0.6) is 0 Å². The van der Waals surface area contributed by atoms with Crippen molar-refractivity contribution in [3.8, 4) is 11.1 Å². The maximum absolute atomic E-state index is 12.4. The average molecular weight is 373 g/mol. The Hall–Kier alpha value is -3.34. The zero-order chi connectivity index (χ0) is 20.1. The van der Waals surface area contributed by atoms with E-state index in [4.69, 9.17) is 0 Å². The summed E-state index contributed by atoms with van der Waals surface area (Å²) in [5, 5.41) is 0. The summed E-state index contributed by atoms with van der Waals surface area (Å²) < 4.78 is 0. The molecule has 0 aliphatic carbocycles. The second-order valence-electron chi connectivity index (χ2n) is 6.70. The molecule has 142 valence electrons. The standard InChI is InChI=1S/C23H23N3O2/c1-4-23(28)26(3)19-8-9-20(16(2)12-19)18-7-10-21(25-15-18)22(27)13-17-6-5-11-24-14-17/h5-12,14-15H,4,13H2,1-3H3. The summed E-state index contributed by atoms with van der Waals surface area (Å²) in [5.41, 5.74) is 5.19. The summed E-state index contributed by atoms with van der Waals surface area (Å²) in [6.45, 7) is 3.85. The molecular formula is C23H23N3O2. The van der Waals surface area contributed by atoms with Gasteiger partial charge in [0, 0.05) is 49.7 Å². The van der Waals surface area contributed by atoms with E-state index < -0.39 is 0 Å². The van der Waals surface area contributed by atoms with Crippen LogP contribution >= 0.6 is 0 Å². The van der Waals surface area contributed by atoms with Crippen molar-refractivity contribution in [3.05, 3.63) is 77.9 Å². The maximum atomic E-state index is 12.4. The summed E-state index contributed by atoms with van der Waals surface area (Å²) in [6.07, 6.45) is 5.85. The number of ketones is 1. The van der Waals surface area contributed by atoms with E-state index in [0.29, 0.717) is 12.1 Å². The van der Waals surface area contributed by atoms with E-state index in [9.17, 15) is 9.59 Å². The lowest BCUT2D eigenvalue weighted by molar-refractivity contribution is -0.118. The molecule has 1 amide bonds. The Morgan fingerprint density at radius 2 is 1.89 bits per heavy atom. The molecule has 5 heteroatoms. The number of aromatic nitrogens is 2. The first-order chi connectivity index (χ1) is 13.5. The van der Waals surface area contributed by atoms with Crippen LogP contribution in [0.3, 0.4) is 0 Å². The van der Waals surface area contributed by atoms with Crippen molar-refractivity contribution in [2.75, 3.05) is 11.9 Å². The third kappa shape index (κ3) is 4.31. The first-order valence-corrected chi connectivity index (χ1v) is 9.25. The van der Waals surface area contributed by atoms with E-state index >= 15 is 0 Å². The number of benzene rings is 1. The van der Waals surface area contributed by atoms with E-state index in [1.54, 1.807) is 36.6 Å². The molecule has 0 saturated carbocycles. The van der Waals surface area contributed by atoms with Gasteiger partial charge in [0.05, 0.1) is 0 Å². The number of carbonyl (C=O) groups is 2. The topological polar surface area (TPSA) is 63.2 Å². The number of rotatable bonds is 6. The van der Waals surface area contributed by atoms with Gasteiger partial charge in [-0.05, 0) is 47.9 Å². The molecule has 28 heavy (non-hydrogen) atoms. The van der Waals surface area contributed by atoms with Crippen molar-refractivity contribution in [2.45, 2.75) is 26.7 Å². The Morgan fingerprint density at radius 1 is 1.07 bits per heavy atom. The van der Waals surface area contributed by atoms with Crippen molar-refractivity contribution in [3.63, 3.8) is 0 Å². The van der Waals surface area contributed by atoms with E-state index in [2.05, 4.69) is 9.97 Å². The minimum atomic E-state index is -0.0358. The van der Waals surface area contributed by atoms with Gasteiger partial charge in [-0.15, -0.1) is 0 Å². The fraction of sp³-hybridized carbons (Fsp3) is 0.217. The maximum Gasteiger partial charge on any atom is 0.226 e. The molecule has 0 spiro atoms. The van der Waals surface area contributed by atoms with Gasteiger partial charge >= 0.3 is 0 Å². The molecule has 5 nitrogen and oxygen atoms in total. The molecule has 3 rings (SSSR count). The summed E-state index contributed by atoms with van der Waals surface area (Å²) in [6, 6.07) is 13.3. The van der Waals surface area contributed by atoms with Gasteiger partial charge in [-0.2, -0.15) is 0 Å². The van der Waals surface area contributed by atoms with Gasteiger partial charge in [0.15, 0.2) is 5.78 Å². The second-order valence-corrected chi connectivity index (χ2v) is 6.70. The van der Waals surface area contributed by atoms with Crippen LogP contribution in [0.15, 0.2) is 61.1 Å². The van der Waals surface area contributed by atoms with Gasteiger partial charge in [0.25, 0.3) is 0 Å². The molecule has 2 heterocycles. The monoisotopic (exact) mass is 373 g/mol. The number of pyridine rings is 2. The Morgan fingerprint density at radius 3 is 2.50 bits per heavy atom. The second kappa shape index (κ2) is 8.57. The quantitative estimate of drug-likeness (QED) is 0.606. The first-order valence-electron chi connectivity index (χ1n) is 9.25. The Labute approximate surface area is 165 Å². The van der Waals surface area contributed by atoms with Crippen LogP contribution in [-0.4, -0.2) is 28.7 Å². The Balaban J connectivity index is 1.78. The largest absolute Gasteiger partial charge is 0.316 e. The molecule has 0 N–H and O–H groups in total. The SMILES string of the molecule is CCC(=O)N(C)c1ccc(-c2ccc(C(=O)Cc3cccnc3)nc2)c(C)c1. The number of aryl methyl sites for hydroxylation is 1. The summed E-state index contributed by atoms with van der Waals surface area (Å²) in [7, 11) is 1.78. The lowest BCUT2D eigenvalue weighted by atomic mass is 10.00. The predicted molar refractivity (Wildman–Crippen MR) is 110 cm³/mol. The number of nitrogens with zero attached hydrogens (tertiary/aromatic N) is 3. The highest BCUT2D eigenvalue weighted by Gasteiger charge is 2.12. The highest BCUT2D eigenvalue weighted by atomic mass is 16.2. The molecule has 0 unspecified atom stereocenters. The highest BCUT2D eigenvalue weighted by Crippen LogP contribution is 2.27. The van der Waals surface area contributed by atoms with Crippen LogP contribution in [-0.2, 0) is 11.2 Å². The van der Waals surface area contributed by atoms with Gasteiger partial charge < -0.3 is 4.90 Å². The summed E-state index contributed by atoms with van der Waals surface area (Å²) in [5.74, 6) is 0.0385. The number of amides is 1. The predicted octanol–water partition coefficient (Wildman–Crippen LogP) is 4.25. The van der Waals surface area contributed by atoms with Crippen LogP contribution in [0.2, 0.25) is 0 Å². The zero-order valence-electron chi connectivity index (χ0n) is 16.3. The molecule has 0 atom stereocenters. The third-order valence-corrected chi connectivity index (χ3v) is 4.72. The molecule has 0 saturated heterocycles. The van der Waals surface area contributed by atoms with Crippen LogP contribution in [0.4, 0.5) is 5.69 Å². The number of Topliss-reactive ketones (excluding diaryl/α,β-unsaturated/α-hetero) is 1. The third-order valence-electron chi connectivity index (χ3n) is 4.72. The molecule has 0 radical (unpaired) electrons. The fourth-order valence-electron chi connectivity index (χ4n) is 3.06. The minimum absolute atomic E-state index is 0.0358. The normalized spacial score (nSPS) is 10.5. The van der Waals surface area contributed by atoms with Crippen molar-refractivity contribution in [2.24, 2.45) is 0 Å². The molecule has 0 aliphatic heterocycles. The van der Waals surface area contributed by atoms with Gasteiger partial charge in [0.2, 0.25) is 5.91 Å². The molecule has 0 aliphatic rings. The fourth-order valence-corrected chi connectivity index (χ4v) is 3.06. The number of hydrogen-bond donors (Lipinski definition) is 0. The van der Waals surface area contributed by atoms with Crippen molar-refractivity contribution < 1.29 is 9.59 Å². The van der Waals surface area contributed by atoms with Crippen molar-refractivity contribution in [1.82, 2.24) is 9.97 Å². The van der Waals surface area contributed by atoms with Crippen LogP contribution < -0.4 is 4.90 Å². The summed E-state index contributed by atoms with van der Waals surface area (Å²) >= 11 is 0. The van der Waals surface area contributed by atoms with Crippen LogP contribution in [0.1, 0.15) is 35.0 Å². The van der Waals surface area contributed by atoms with Crippen LogP contribution in [0.25, 0.3) is 11.1 Å². The molecule has 1 aromatic carbocycles. The highest BCUT2D eigenvalue weighted by molar-refractivity contribution is 5.96. The Kier molecular flexibility index (Phi) is 5.94. The van der Waals surface area contributed by atoms with Crippen LogP contribution in [0, 0.1) is 6.92 Å². The van der Waals surface area contributed by atoms with Crippen molar-refractivity contribution in [1.29, 1.82) is 0 Å². The van der Waals surface area contributed by atoms with Gasteiger partial charge in [-0.25, -0.2) is 0 Å². The van der Waals surface area contributed by atoms with Gasteiger partial charge in [-0.1, -0.05) is 25.1 Å². The smallest absolute Gasteiger partial charge is 0.226 e. The van der Waals surface area contributed by atoms with Crippen molar-refractivity contribution >= 4 is 17.4 Å². The Bertz CT molecular complexity index is 982. The van der Waals surface area contributed by atoms with E-state index in [-0.39, 0.29) is 18.1 Å². The first kappa shape index (κ1) is 19.4. The molecular weight excluding hydrogens is 350 g/mol. The minimum Gasteiger partial charge on any atom is -0.316 e. The number of anilines is 1. The lowest BCUT2D eigenvalue weighted by Gasteiger charge is -2.18. The molecule has 3 aromatic rings. The lowest BCUT2D eigenvalue weighted by Crippen LogP contribution is -2.25. The van der Waals surface area contributed by atoms with E-state index in [0.717, 1.165) is 27.9 Å². The number of hydrogen-bond acceptors (Lipinski definition) is 4. The number of carbonyl (C=O) groups excluding carboxylic acids is 2. The molecule has 2 aromatic heterocycles. The summed E-state index contributed by atoms with van der Waals surface area (Å²) in [4.78, 5) is 34.4. The van der Waals surface area contributed by atoms with Gasteiger partial charge in [-0.3, -0.25) is 19.6 Å². The van der Waals surface area contributed by atoms with E-state index in [1.807, 2.05) is 50.2 Å². The molecule has 0 fully saturated rings. The average Bonchev–Trinajstić information content (AvgIpc) is 2.73. The zero-order valence-corrected chi connectivity index (χ0v) is 16.3. The molecule has 0 bridgehead atoms. The van der Waals surface area contributed by atoms with Gasteiger partial charge in [0.1, 0.15) is 5.69 Å².